The summed E-state index contributed by atoms with van der Waals surface area (Å²) in [7, 11) is 1.46. The van der Waals surface area contributed by atoms with Crippen LogP contribution in [0.4, 0.5) is 0 Å². The molecule has 2 aliphatic heterocycles. The third-order valence-corrected chi connectivity index (χ3v) is 5.46. The van der Waals surface area contributed by atoms with Crippen LogP contribution in [-0.4, -0.2) is 87.4 Å². The predicted molar refractivity (Wildman–Crippen MR) is 103 cm³/mol. The molecule has 0 bridgehead atoms. The molecule has 3 unspecified atom stereocenters. The van der Waals surface area contributed by atoms with Crippen molar-refractivity contribution in [2.45, 2.75) is 33.7 Å². The van der Waals surface area contributed by atoms with Crippen molar-refractivity contribution in [3.05, 3.63) is 0 Å². The Morgan fingerprint density at radius 3 is 2.58 bits per heavy atom. The van der Waals surface area contributed by atoms with Gasteiger partial charge in [-0.1, -0.05) is 20.8 Å². The number of aliphatic imine (C=N–C) groups is 1. The fourth-order valence-electron chi connectivity index (χ4n) is 3.86. The summed E-state index contributed by atoms with van der Waals surface area (Å²) in [6.45, 7) is 15.3. The Morgan fingerprint density at radius 2 is 2.00 bits per heavy atom. The molecule has 2 aliphatic rings. The SMILES string of the molecule is CCNC(=NCC(C(C)C)N1CCOCC1)N1CC(C)C(C(=O)OC)C1. The zero-order valence-electron chi connectivity index (χ0n) is 17.0. The first-order valence-electron chi connectivity index (χ1n) is 9.90. The van der Waals surface area contributed by atoms with Crippen LogP contribution in [0.3, 0.4) is 0 Å². The van der Waals surface area contributed by atoms with Crippen LogP contribution in [0.25, 0.3) is 0 Å². The number of likely N-dealkylation sites (tertiary alicyclic amines) is 1. The number of morpholine rings is 1. The quantitative estimate of drug-likeness (QED) is 0.429. The molecule has 0 saturated carbocycles. The second-order valence-corrected chi connectivity index (χ2v) is 7.67. The van der Waals surface area contributed by atoms with Crippen molar-refractivity contribution in [3.8, 4) is 0 Å². The lowest BCUT2D eigenvalue weighted by Gasteiger charge is -2.36. The Balaban J connectivity index is 2.06. The van der Waals surface area contributed by atoms with Crippen LogP contribution in [-0.2, 0) is 14.3 Å². The van der Waals surface area contributed by atoms with Gasteiger partial charge >= 0.3 is 5.97 Å². The molecule has 7 nitrogen and oxygen atoms in total. The second-order valence-electron chi connectivity index (χ2n) is 7.67. The van der Waals surface area contributed by atoms with E-state index < -0.39 is 0 Å². The number of carbonyl (C=O) groups is 1. The van der Waals surface area contributed by atoms with E-state index in [9.17, 15) is 4.79 Å². The van der Waals surface area contributed by atoms with Crippen molar-refractivity contribution < 1.29 is 14.3 Å². The molecular formula is C19H36N4O3. The van der Waals surface area contributed by atoms with Gasteiger partial charge in [0.15, 0.2) is 5.96 Å². The van der Waals surface area contributed by atoms with Gasteiger partial charge in [0.1, 0.15) is 0 Å². The van der Waals surface area contributed by atoms with Gasteiger partial charge in [-0.15, -0.1) is 0 Å². The molecule has 2 rings (SSSR count). The normalized spacial score (nSPS) is 26.2. The number of methoxy groups -OCH3 is 1. The van der Waals surface area contributed by atoms with Gasteiger partial charge in [0, 0.05) is 38.8 Å². The highest BCUT2D eigenvalue weighted by molar-refractivity contribution is 5.82. The molecule has 0 radical (unpaired) electrons. The Labute approximate surface area is 158 Å². The van der Waals surface area contributed by atoms with E-state index >= 15 is 0 Å². The second kappa shape index (κ2) is 10.1. The lowest BCUT2D eigenvalue weighted by Crippen LogP contribution is -2.48. The highest BCUT2D eigenvalue weighted by Gasteiger charge is 2.37. The summed E-state index contributed by atoms with van der Waals surface area (Å²) in [5.41, 5.74) is 0. The minimum atomic E-state index is -0.121. The maximum atomic E-state index is 12.0. The monoisotopic (exact) mass is 368 g/mol. The Kier molecular flexibility index (Phi) is 8.15. The predicted octanol–water partition coefficient (Wildman–Crippen LogP) is 1.05. The number of nitrogens with one attached hydrogen (secondary N) is 1. The summed E-state index contributed by atoms with van der Waals surface area (Å²) in [5, 5.41) is 3.40. The lowest BCUT2D eigenvalue weighted by atomic mass is 9.99. The first-order chi connectivity index (χ1) is 12.5. The number of hydrogen-bond acceptors (Lipinski definition) is 5. The van der Waals surface area contributed by atoms with Crippen molar-refractivity contribution >= 4 is 11.9 Å². The zero-order valence-corrected chi connectivity index (χ0v) is 17.0. The molecule has 0 aliphatic carbocycles. The van der Waals surface area contributed by atoms with E-state index in [0.717, 1.165) is 51.9 Å². The summed E-state index contributed by atoms with van der Waals surface area (Å²) < 4.78 is 10.4. The van der Waals surface area contributed by atoms with Crippen LogP contribution in [0.15, 0.2) is 4.99 Å². The summed E-state index contributed by atoms with van der Waals surface area (Å²) >= 11 is 0. The van der Waals surface area contributed by atoms with Crippen LogP contribution in [0.1, 0.15) is 27.7 Å². The fraction of sp³-hybridized carbons (Fsp3) is 0.895. The molecule has 150 valence electrons. The largest absolute Gasteiger partial charge is 0.469 e. The van der Waals surface area contributed by atoms with Crippen molar-refractivity contribution in [1.29, 1.82) is 0 Å². The number of carbonyl (C=O) groups excluding carboxylic acids is 1. The van der Waals surface area contributed by atoms with E-state index in [1.807, 2.05) is 0 Å². The van der Waals surface area contributed by atoms with Gasteiger partial charge in [-0.3, -0.25) is 14.7 Å². The number of rotatable bonds is 6. The smallest absolute Gasteiger partial charge is 0.310 e. The van der Waals surface area contributed by atoms with Crippen molar-refractivity contribution in [2.24, 2.45) is 22.7 Å². The zero-order chi connectivity index (χ0) is 19.1. The molecule has 2 saturated heterocycles. The molecule has 0 spiro atoms. The van der Waals surface area contributed by atoms with Crippen LogP contribution in [0, 0.1) is 17.8 Å². The maximum Gasteiger partial charge on any atom is 0.310 e. The fourth-order valence-corrected chi connectivity index (χ4v) is 3.86. The molecule has 0 aromatic heterocycles. The molecule has 0 aromatic carbocycles. The van der Waals surface area contributed by atoms with E-state index in [2.05, 4.69) is 42.8 Å². The molecule has 0 aromatic rings. The molecule has 2 fully saturated rings. The van der Waals surface area contributed by atoms with Crippen LogP contribution < -0.4 is 5.32 Å². The number of esters is 1. The van der Waals surface area contributed by atoms with Gasteiger partial charge in [0.25, 0.3) is 0 Å². The summed E-state index contributed by atoms with van der Waals surface area (Å²) in [5.74, 6) is 1.50. The van der Waals surface area contributed by atoms with E-state index in [1.54, 1.807) is 0 Å². The first-order valence-corrected chi connectivity index (χ1v) is 9.90. The van der Waals surface area contributed by atoms with Gasteiger partial charge < -0.3 is 19.7 Å². The number of hydrogen-bond donors (Lipinski definition) is 1. The Bertz CT molecular complexity index is 477. The topological polar surface area (TPSA) is 66.4 Å². The lowest BCUT2D eigenvalue weighted by molar-refractivity contribution is -0.145. The molecule has 3 atom stereocenters. The summed E-state index contributed by atoms with van der Waals surface area (Å²) in [4.78, 5) is 21.6. The summed E-state index contributed by atoms with van der Waals surface area (Å²) in [6.07, 6.45) is 0. The average molecular weight is 369 g/mol. The average Bonchev–Trinajstić information content (AvgIpc) is 3.02. The van der Waals surface area contributed by atoms with Crippen LogP contribution >= 0.6 is 0 Å². The minimum absolute atomic E-state index is 0.0796. The third kappa shape index (κ3) is 5.33. The number of guanidine groups is 1. The van der Waals surface area contributed by atoms with Gasteiger partial charge in [-0.25, -0.2) is 0 Å². The highest BCUT2D eigenvalue weighted by Crippen LogP contribution is 2.24. The number of ether oxygens (including phenoxy) is 2. The van der Waals surface area contributed by atoms with Gasteiger partial charge in [-0.05, 0) is 18.8 Å². The van der Waals surface area contributed by atoms with Crippen molar-refractivity contribution in [2.75, 3.05) is 59.6 Å². The van der Waals surface area contributed by atoms with Gasteiger partial charge in [0.05, 0.1) is 32.8 Å². The van der Waals surface area contributed by atoms with E-state index in [4.69, 9.17) is 14.5 Å². The summed E-state index contributed by atoms with van der Waals surface area (Å²) in [6, 6.07) is 0.406. The van der Waals surface area contributed by atoms with Gasteiger partial charge in [-0.2, -0.15) is 0 Å². The minimum Gasteiger partial charge on any atom is -0.469 e. The molecular weight excluding hydrogens is 332 g/mol. The van der Waals surface area contributed by atoms with Crippen LogP contribution in [0.2, 0.25) is 0 Å². The van der Waals surface area contributed by atoms with E-state index in [1.165, 1.54) is 7.11 Å². The standard InChI is InChI=1S/C19H36N4O3/c1-6-20-19(23-12-15(4)16(13-23)18(24)25-5)21-11-17(14(2)3)22-7-9-26-10-8-22/h14-17H,6-13H2,1-5H3,(H,20,21). The van der Waals surface area contributed by atoms with Crippen molar-refractivity contribution in [1.82, 2.24) is 15.1 Å². The first kappa shape index (κ1) is 21.0. The highest BCUT2D eigenvalue weighted by atomic mass is 16.5. The third-order valence-electron chi connectivity index (χ3n) is 5.46. The number of nitrogens with zero attached hydrogens (tertiary/aromatic N) is 3. The van der Waals surface area contributed by atoms with Crippen molar-refractivity contribution in [3.63, 3.8) is 0 Å². The maximum absolute atomic E-state index is 12.0. The Hall–Kier alpha value is -1.34. The molecule has 0 amide bonds. The molecule has 26 heavy (non-hydrogen) atoms. The van der Waals surface area contributed by atoms with E-state index in [-0.39, 0.29) is 17.8 Å². The Morgan fingerprint density at radius 1 is 1.31 bits per heavy atom. The molecule has 2 heterocycles. The van der Waals surface area contributed by atoms with Crippen LogP contribution in [0.5, 0.6) is 0 Å². The van der Waals surface area contributed by atoms with E-state index in [0.29, 0.717) is 18.5 Å². The van der Waals surface area contributed by atoms with Gasteiger partial charge in [0.2, 0.25) is 0 Å². The molecule has 7 heteroatoms. The molecule has 1 N–H and O–H groups in total.